The molecule has 1 aliphatic rings. The monoisotopic (exact) mass is 568 g/mol. The fourth-order valence-electron chi connectivity index (χ4n) is 11.4. The summed E-state index contributed by atoms with van der Waals surface area (Å²) in [5, 5.41) is 0. The summed E-state index contributed by atoms with van der Waals surface area (Å²) in [5.74, 6) is 0. The first-order valence-corrected chi connectivity index (χ1v) is 28.0. The van der Waals surface area contributed by atoms with Gasteiger partial charge in [0.15, 0.2) is 0 Å². The van der Waals surface area contributed by atoms with Crippen LogP contribution in [0.2, 0.25) is 46.3 Å². The Morgan fingerprint density at radius 1 is 0.472 bits per heavy atom. The fraction of sp³-hybridized carbons (Fsp3) is 0.844. The smallest absolute Gasteiger partial charge is 0.344 e. The predicted octanol–water partition coefficient (Wildman–Crippen LogP) is 11.6. The Bertz CT molecular complexity index is 642. The third-order valence-corrected chi connectivity index (χ3v) is 107. The van der Waals surface area contributed by atoms with Gasteiger partial charge in [0.25, 0.3) is 0 Å². The average molecular weight is 569 g/mol. The molecule has 0 saturated carbocycles. The van der Waals surface area contributed by atoms with Crippen molar-refractivity contribution in [2.75, 3.05) is 0 Å². The molecule has 0 N–H and O–H groups in total. The lowest BCUT2D eigenvalue weighted by atomic mass is 10.00. The van der Waals surface area contributed by atoms with Crippen molar-refractivity contribution < 1.29 is 7.13 Å². The zero-order valence-corrected chi connectivity index (χ0v) is 31.7. The summed E-state index contributed by atoms with van der Waals surface area (Å²) in [4.78, 5) is 0. The van der Waals surface area contributed by atoms with Crippen LogP contribution in [0.3, 0.4) is 0 Å². The van der Waals surface area contributed by atoms with E-state index in [0.717, 1.165) is 16.6 Å². The van der Waals surface area contributed by atoms with Gasteiger partial charge < -0.3 is 34.6 Å². The van der Waals surface area contributed by atoms with Crippen molar-refractivity contribution in [2.24, 2.45) is 21.7 Å². The van der Waals surface area contributed by atoms with E-state index in [0.29, 0.717) is 5.54 Å². The van der Waals surface area contributed by atoms with Gasteiger partial charge in [0, 0.05) is 28.4 Å². The molecule has 1 rings (SSSR count). The molecule has 1 fully saturated rings. The molecule has 0 unspecified atom stereocenters. The second kappa shape index (κ2) is 10.4. The molecule has 0 spiro atoms. The van der Waals surface area contributed by atoms with Gasteiger partial charge in [-0.3, -0.25) is 0 Å². The third kappa shape index (κ3) is 5.55. The van der Waals surface area contributed by atoms with Crippen molar-refractivity contribution in [3.8, 4) is 0 Å². The topological polar surface area (TPSA) is 0 Å². The minimum atomic E-state index is -1.91. The normalized spacial score (nSPS) is 25.4. The Kier molecular flexibility index (Phi) is 10.0. The molecule has 0 aromatic carbocycles. The molecule has 36 heavy (non-hydrogen) atoms. The largest absolute Gasteiger partial charge is 1.00 e. The van der Waals surface area contributed by atoms with Crippen LogP contribution in [0, 0.1) is 56.3 Å². The molecule has 4 heteroatoms. The first kappa shape index (κ1) is 34.9. The molecular formula is C32H72Si4. The van der Waals surface area contributed by atoms with E-state index in [1.165, 1.54) is 24.2 Å². The lowest BCUT2D eigenvalue weighted by molar-refractivity contribution is 0.488. The molecule has 216 valence electrons. The summed E-state index contributed by atoms with van der Waals surface area (Å²) in [7, 11) is -7.43. The summed E-state index contributed by atoms with van der Waals surface area (Å²) in [5.41, 5.74) is 3.33. The quantitative estimate of drug-likeness (QED) is 0.162. The Labute approximate surface area is 241 Å². The molecule has 2 atom stereocenters. The van der Waals surface area contributed by atoms with E-state index >= 15 is 0 Å². The lowest BCUT2D eigenvalue weighted by Gasteiger charge is -2.90. The molecule has 1 saturated heterocycles. The van der Waals surface area contributed by atoms with Crippen LogP contribution in [0.5, 0.6) is 0 Å². The van der Waals surface area contributed by atoms with Crippen LogP contribution >= 0.6 is 0 Å². The molecule has 0 aliphatic carbocycles. The molecule has 0 radical (unpaired) electrons. The van der Waals surface area contributed by atoms with E-state index in [9.17, 15) is 0 Å². The first-order valence-electron chi connectivity index (χ1n) is 14.8. The van der Waals surface area contributed by atoms with Gasteiger partial charge in [-0.25, -0.2) is 0 Å². The maximum atomic E-state index is 5.11. The number of hydrogen-bond acceptors (Lipinski definition) is 0. The molecule has 0 nitrogen and oxygen atoms in total. The van der Waals surface area contributed by atoms with E-state index in [1.807, 2.05) is 0 Å². The Hall–Kier alpha value is 0.868. The van der Waals surface area contributed by atoms with E-state index in [-0.39, 0.29) is 28.8 Å². The van der Waals surface area contributed by atoms with Gasteiger partial charge >= 0.3 is 7.13 Å². The van der Waals surface area contributed by atoms with Crippen LogP contribution in [0.1, 0.15) is 111 Å². The van der Waals surface area contributed by atoms with Crippen molar-refractivity contribution in [3.05, 3.63) is 34.6 Å². The van der Waals surface area contributed by atoms with Crippen molar-refractivity contribution >= 4 is 28.4 Å². The number of hydrogen-bond donors (Lipinski definition) is 0. The second-order valence-corrected chi connectivity index (χ2v) is 58.7. The first-order chi connectivity index (χ1) is 15.6. The van der Waals surface area contributed by atoms with Gasteiger partial charge in [-0.2, -0.15) is 27.2 Å². The summed E-state index contributed by atoms with van der Waals surface area (Å²) in [6, 6.07) is 5.51. The minimum absolute atomic E-state index is 0. The second-order valence-electron chi connectivity index (χ2n) is 17.6. The maximum absolute atomic E-state index is 5.11. The standard InChI is InChI=1S/C32H67Si4/c1-25(2)35(26(3)4)33(21-29(9,10)11,22-30(12,13)14)34(23-31(15,16)17,24-32(18,19)20)36(35,27(5)6)28(7)8/h25-28H,1,9,12,15,18,21-24H2,2-8,10-11,13-14,16-17,19-20H3/q-5/p+5/t25-,35+/m0/s1. The Balaban J connectivity index is -0.000000864. The summed E-state index contributed by atoms with van der Waals surface area (Å²) in [6.07, 6.45) is 0. The van der Waals surface area contributed by atoms with Crippen molar-refractivity contribution in [1.29, 1.82) is 0 Å². The van der Waals surface area contributed by atoms with Crippen molar-refractivity contribution in [3.63, 3.8) is 0 Å². The summed E-state index contributed by atoms with van der Waals surface area (Å²) < 4.78 is 0. The summed E-state index contributed by atoms with van der Waals surface area (Å²) in [6.45, 7) is 62.7. The van der Waals surface area contributed by atoms with Gasteiger partial charge in [0.05, 0.1) is 0 Å². The fourth-order valence-corrected chi connectivity index (χ4v) is 178. The molecule has 1 aliphatic heterocycles. The molecule has 0 aromatic heterocycles. The third-order valence-electron chi connectivity index (χ3n) is 9.81. The van der Waals surface area contributed by atoms with Crippen LogP contribution in [0.25, 0.3) is 0 Å². The highest BCUT2D eigenvalue weighted by atomic mass is 30.2. The Morgan fingerprint density at radius 2 is 0.667 bits per heavy atom. The summed E-state index contributed by atoms with van der Waals surface area (Å²) >= 11 is 0. The molecule has 0 aromatic rings. The van der Waals surface area contributed by atoms with E-state index < -0.39 is 28.4 Å². The van der Waals surface area contributed by atoms with E-state index in [2.05, 4.69) is 104 Å². The SMILES string of the molecule is [CH2-][C@@H](C)[Si@@]1(C(C)C)[Si](CC([CH2-])(C)C)(CC([CH2-])(C)C)[Si](CC([CH2-])(C)C)(CC([CH2-])(C)C)[Si]1(C(C)C)C(C)C.[H+].[H+].[H+].[H+].[H+]. The van der Waals surface area contributed by atoms with E-state index in [4.69, 9.17) is 34.6 Å². The van der Waals surface area contributed by atoms with Gasteiger partial charge in [-0.15, -0.1) is 0 Å². The van der Waals surface area contributed by atoms with Crippen LogP contribution in [0.4, 0.5) is 0 Å². The molecule has 0 amide bonds. The van der Waals surface area contributed by atoms with Crippen molar-refractivity contribution in [2.45, 2.75) is 150 Å². The van der Waals surface area contributed by atoms with Gasteiger partial charge in [-0.05, 0) is 0 Å². The highest BCUT2D eigenvalue weighted by Crippen LogP contribution is 2.75. The van der Waals surface area contributed by atoms with Gasteiger partial charge in [-0.1, -0.05) is 145 Å². The lowest BCUT2D eigenvalue weighted by Crippen LogP contribution is -3.10. The molecule has 0 bridgehead atoms. The molecule has 1 heterocycles. The zero-order chi connectivity index (χ0) is 29.1. The highest BCUT2D eigenvalue weighted by molar-refractivity contribution is 8.15. The van der Waals surface area contributed by atoms with Crippen LogP contribution < -0.4 is 0 Å². The van der Waals surface area contributed by atoms with Gasteiger partial charge in [0.1, 0.15) is 0 Å². The van der Waals surface area contributed by atoms with Crippen LogP contribution in [-0.2, 0) is 0 Å². The minimum Gasteiger partial charge on any atom is -0.344 e. The highest BCUT2D eigenvalue weighted by Gasteiger charge is 2.89. The van der Waals surface area contributed by atoms with E-state index in [1.54, 1.807) is 0 Å². The van der Waals surface area contributed by atoms with Crippen molar-refractivity contribution in [1.82, 2.24) is 0 Å². The zero-order valence-electron chi connectivity index (χ0n) is 32.7. The number of rotatable bonds is 12. The maximum Gasteiger partial charge on any atom is 1.00 e. The van der Waals surface area contributed by atoms with Gasteiger partial charge in [0.2, 0.25) is 0 Å². The van der Waals surface area contributed by atoms with Crippen LogP contribution in [-0.4, -0.2) is 28.4 Å². The predicted molar refractivity (Wildman–Crippen MR) is 184 cm³/mol. The van der Waals surface area contributed by atoms with Crippen LogP contribution in [0.15, 0.2) is 0 Å². The Morgan fingerprint density at radius 3 is 0.806 bits per heavy atom. The molecular weight excluding hydrogens is 497 g/mol. The average Bonchev–Trinajstić information content (AvgIpc) is 2.50.